The van der Waals surface area contributed by atoms with Crippen LogP contribution in [-0.4, -0.2) is 19.1 Å². The van der Waals surface area contributed by atoms with E-state index >= 15 is 0 Å². The molecule has 1 rings (SSSR count). The van der Waals surface area contributed by atoms with Crippen LogP contribution in [0, 0.1) is 11.6 Å². The van der Waals surface area contributed by atoms with Gasteiger partial charge in [0.2, 0.25) is 0 Å². The van der Waals surface area contributed by atoms with E-state index in [2.05, 4.69) is 0 Å². The third-order valence-corrected chi connectivity index (χ3v) is 3.03. The summed E-state index contributed by atoms with van der Waals surface area (Å²) in [4.78, 5) is 12.0. The Bertz CT molecular complexity index is 411. The molecule has 0 aliphatic carbocycles. The van der Waals surface area contributed by atoms with E-state index in [-0.39, 0.29) is 18.7 Å². The van der Waals surface area contributed by atoms with Gasteiger partial charge in [0.05, 0.1) is 6.61 Å². The summed E-state index contributed by atoms with van der Waals surface area (Å²) in [5.74, 6) is -2.03. The van der Waals surface area contributed by atoms with Crippen molar-refractivity contribution in [2.75, 3.05) is 13.2 Å². The van der Waals surface area contributed by atoms with E-state index in [0.29, 0.717) is 6.42 Å². The molecule has 1 unspecified atom stereocenters. The normalized spacial score (nSPS) is 14.1. The van der Waals surface area contributed by atoms with Crippen LogP contribution in [-0.2, 0) is 14.9 Å². The Kier molecular flexibility index (Phi) is 4.78. The highest BCUT2D eigenvalue weighted by atomic mass is 19.1. The van der Waals surface area contributed by atoms with Gasteiger partial charge in [0.15, 0.2) is 0 Å². The highest BCUT2D eigenvalue weighted by Crippen LogP contribution is 2.30. The smallest absolute Gasteiger partial charge is 0.317 e. The lowest BCUT2D eigenvalue weighted by atomic mass is 9.78. The average molecular weight is 257 g/mol. The van der Waals surface area contributed by atoms with E-state index in [1.165, 1.54) is 0 Å². The summed E-state index contributed by atoms with van der Waals surface area (Å²) in [6, 6.07) is 3.00. The van der Waals surface area contributed by atoms with Crippen molar-refractivity contribution in [1.29, 1.82) is 0 Å². The fourth-order valence-electron chi connectivity index (χ4n) is 1.91. The van der Waals surface area contributed by atoms with Crippen molar-refractivity contribution < 1.29 is 18.3 Å². The van der Waals surface area contributed by atoms with Crippen LogP contribution >= 0.6 is 0 Å². The molecule has 0 saturated carbocycles. The molecule has 0 fully saturated rings. The molecule has 0 spiro atoms. The fourth-order valence-corrected chi connectivity index (χ4v) is 1.91. The number of halogens is 2. The molecule has 1 aromatic carbocycles. The molecular weight excluding hydrogens is 240 g/mol. The lowest BCUT2D eigenvalue weighted by molar-refractivity contribution is -0.150. The van der Waals surface area contributed by atoms with Crippen molar-refractivity contribution in [2.45, 2.75) is 25.7 Å². The number of hydrogen-bond acceptors (Lipinski definition) is 3. The van der Waals surface area contributed by atoms with E-state index in [0.717, 1.165) is 18.2 Å². The van der Waals surface area contributed by atoms with Crippen LogP contribution in [0.1, 0.15) is 25.8 Å². The van der Waals surface area contributed by atoms with Gasteiger partial charge < -0.3 is 10.5 Å². The second-order valence-corrected chi connectivity index (χ2v) is 4.02. The molecule has 0 radical (unpaired) electrons. The van der Waals surface area contributed by atoms with Gasteiger partial charge in [0.25, 0.3) is 0 Å². The van der Waals surface area contributed by atoms with Crippen LogP contribution in [0.4, 0.5) is 8.78 Å². The molecule has 0 heterocycles. The number of carbonyl (C=O) groups is 1. The zero-order valence-corrected chi connectivity index (χ0v) is 10.5. The molecule has 0 saturated heterocycles. The molecule has 1 atom stereocenters. The zero-order valence-electron chi connectivity index (χ0n) is 10.5. The van der Waals surface area contributed by atoms with Crippen LogP contribution in [0.15, 0.2) is 18.2 Å². The maximum absolute atomic E-state index is 13.2. The minimum Gasteiger partial charge on any atom is -0.465 e. The summed E-state index contributed by atoms with van der Waals surface area (Å²) in [7, 11) is 0. The van der Waals surface area contributed by atoms with Gasteiger partial charge in [-0.1, -0.05) is 6.92 Å². The highest BCUT2D eigenvalue weighted by molar-refractivity contribution is 5.83. The molecule has 0 bridgehead atoms. The van der Waals surface area contributed by atoms with Gasteiger partial charge in [0, 0.05) is 12.6 Å². The second-order valence-electron chi connectivity index (χ2n) is 4.02. The lowest BCUT2D eigenvalue weighted by Crippen LogP contribution is -2.44. The van der Waals surface area contributed by atoms with Crippen molar-refractivity contribution in [2.24, 2.45) is 5.73 Å². The molecule has 0 amide bonds. The first-order valence-corrected chi connectivity index (χ1v) is 5.84. The summed E-state index contributed by atoms with van der Waals surface area (Å²) in [5.41, 5.74) is 4.65. The van der Waals surface area contributed by atoms with E-state index in [9.17, 15) is 13.6 Å². The zero-order chi connectivity index (χ0) is 13.8. The van der Waals surface area contributed by atoms with Gasteiger partial charge in [-0.2, -0.15) is 0 Å². The molecule has 0 aromatic heterocycles. The number of benzene rings is 1. The number of nitrogens with two attached hydrogens (primary N) is 1. The molecule has 5 heteroatoms. The Labute approximate surface area is 105 Å². The predicted octanol–water partition coefficient (Wildman–Crippen LogP) is 2.13. The minimum absolute atomic E-state index is 0.0643. The van der Waals surface area contributed by atoms with Crippen molar-refractivity contribution in [1.82, 2.24) is 0 Å². The number of ether oxygens (including phenoxy) is 1. The molecule has 0 aliphatic rings. The Hall–Kier alpha value is -1.49. The Morgan fingerprint density at radius 2 is 1.83 bits per heavy atom. The summed E-state index contributed by atoms with van der Waals surface area (Å²) >= 11 is 0. The molecule has 18 heavy (non-hydrogen) atoms. The largest absolute Gasteiger partial charge is 0.465 e. The summed E-state index contributed by atoms with van der Waals surface area (Å²) in [6.07, 6.45) is 0.311. The monoisotopic (exact) mass is 257 g/mol. The lowest BCUT2D eigenvalue weighted by Gasteiger charge is -2.29. The van der Waals surface area contributed by atoms with Gasteiger partial charge in [-0.3, -0.25) is 4.79 Å². The van der Waals surface area contributed by atoms with Crippen LogP contribution in [0.3, 0.4) is 0 Å². The SMILES string of the molecule is CCOC(=O)C(CC)(CN)c1cc(F)cc(F)c1. The predicted molar refractivity (Wildman–Crippen MR) is 64.0 cm³/mol. The number of carbonyl (C=O) groups excluding carboxylic acids is 1. The van der Waals surface area contributed by atoms with Gasteiger partial charge in [-0.15, -0.1) is 0 Å². The van der Waals surface area contributed by atoms with Gasteiger partial charge in [-0.25, -0.2) is 8.78 Å². The van der Waals surface area contributed by atoms with Crippen LogP contribution in [0.2, 0.25) is 0 Å². The first kappa shape index (κ1) is 14.6. The summed E-state index contributed by atoms with van der Waals surface area (Å²) < 4.78 is 31.5. The molecule has 100 valence electrons. The van der Waals surface area contributed by atoms with E-state index in [1.807, 2.05) is 0 Å². The molecule has 0 aliphatic heterocycles. The maximum Gasteiger partial charge on any atom is 0.317 e. The third kappa shape index (κ3) is 2.67. The van der Waals surface area contributed by atoms with Crippen molar-refractivity contribution in [3.63, 3.8) is 0 Å². The second kappa shape index (κ2) is 5.91. The topological polar surface area (TPSA) is 52.3 Å². The standard InChI is InChI=1S/C13H17F2NO2/c1-3-13(8-16,12(17)18-4-2)9-5-10(14)7-11(15)6-9/h5-7H,3-4,8,16H2,1-2H3. The van der Waals surface area contributed by atoms with Gasteiger partial charge >= 0.3 is 5.97 Å². The molecule has 3 nitrogen and oxygen atoms in total. The van der Waals surface area contributed by atoms with Crippen molar-refractivity contribution in [3.05, 3.63) is 35.4 Å². The van der Waals surface area contributed by atoms with Crippen molar-refractivity contribution in [3.8, 4) is 0 Å². The quantitative estimate of drug-likeness (QED) is 0.822. The van der Waals surface area contributed by atoms with Gasteiger partial charge in [0.1, 0.15) is 17.0 Å². The maximum atomic E-state index is 13.2. The Balaban J connectivity index is 3.29. The van der Waals surface area contributed by atoms with E-state index in [4.69, 9.17) is 10.5 Å². The molecular formula is C13H17F2NO2. The highest BCUT2D eigenvalue weighted by Gasteiger charge is 2.39. The van der Waals surface area contributed by atoms with Crippen LogP contribution < -0.4 is 5.73 Å². The number of esters is 1. The summed E-state index contributed by atoms with van der Waals surface area (Å²) in [6.45, 7) is 3.52. The summed E-state index contributed by atoms with van der Waals surface area (Å²) in [5, 5.41) is 0. The Morgan fingerprint density at radius 1 is 1.28 bits per heavy atom. The minimum atomic E-state index is -1.20. The number of hydrogen-bond donors (Lipinski definition) is 1. The van der Waals surface area contributed by atoms with Crippen LogP contribution in [0.5, 0.6) is 0 Å². The van der Waals surface area contributed by atoms with E-state index in [1.54, 1.807) is 13.8 Å². The van der Waals surface area contributed by atoms with Gasteiger partial charge in [-0.05, 0) is 31.0 Å². The molecule has 2 N–H and O–H groups in total. The third-order valence-electron chi connectivity index (χ3n) is 3.03. The first-order valence-electron chi connectivity index (χ1n) is 5.84. The average Bonchev–Trinajstić information content (AvgIpc) is 2.30. The van der Waals surface area contributed by atoms with Crippen molar-refractivity contribution >= 4 is 5.97 Å². The molecule has 1 aromatic rings. The Morgan fingerprint density at radius 3 is 2.22 bits per heavy atom. The van der Waals surface area contributed by atoms with E-state index < -0.39 is 23.0 Å². The first-order chi connectivity index (χ1) is 8.50. The van der Waals surface area contributed by atoms with Crippen LogP contribution in [0.25, 0.3) is 0 Å². The fraction of sp³-hybridized carbons (Fsp3) is 0.462. The number of rotatable bonds is 5.